The summed E-state index contributed by atoms with van der Waals surface area (Å²) in [7, 11) is -4.71. The second-order valence-electron chi connectivity index (χ2n) is 13.1. The Hall–Kier alpha value is -2.04. The molecule has 0 heterocycles. The zero-order valence-electron chi connectivity index (χ0n) is 31.2. The van der Waals surface area contributed by atoms with Crippen LogP contribution in [0.5, 0.6) is 0 Å². The number of ether oxygens (including phenoxy) is 2. The number of rotatable bonds is 36. The molecule has 0 spiro atoms. The van der Waals surface area contributed by atoms with Gasteiger partial charge in [-0.3, -0.25) is 23.4 Å². The summed E-state index contributed by atoms with van der Waals surface area (Å²) in [5.74, 6) is -2.40. The number of carbonyl (C=O) groups is 3. The molecule has 3 unspecified atom stereocenters. The SMILES string of the molecule is CCCC/C=C\CCCCCCCC(=O)OCC(COP(=O)(O)OCC(N)C(=O)O)OC(=O)CCCCCCC/C=C\CCCCCCCC. The van der Waals surface area contributed by atoms with Crippen LogP contribution in [0.15, 0.2) is 24.3 Å². The Labute approximate surface area is 302 Å². The van der Waals surface area contributed by atoms with Crippen molar-refractivity contribution in [3.05, 3.63) is 24.3 Å². The average molecular weight is 732 g/mol. The van der Waals surface area contributed by atoms with Crippen LogP contribution in [0.3, 0.4) is 0 Å². The molecule has 0 fully saturated rings. The molecule has 4 N–H and O–H groups in total. The van der Waals surface area contributed by atoms with E-state index in [1.165, 1.54) is 51.4 Å². The summed E-state index contributed by atoms with van der Waals surface area (Å²) < 4.78 is 32.5. The highest BCUT2D eigenvalue weighted by atomic mass is 31.2. The average Bonchev–Trinajstić information content (AvgIpc) is 3.09. The molecule has 292 valence electrons. The lowest BCUT2D eigenvalue weighted by Gasteiger charge is -2.20. The number of carbonyl (C=O) groups excluding carboxylic acids is 2. The minimum Gasteiger partial charge on any atom is -0.480 e. The van der Waals surface area contributed by atoms with Gasteiger partial charge in [0.25, 0.3) is 0 Å². The number of carboxylic acids is 1. The molecular formula is C38H70NO10P. The summed E-state index contributed by atoms with van der Waals surface area (Å²) in [5, 5.41) is 8.85. The Morgan fingerprint density at radius 2 is 1.02 bits per heavy atom. The lowest BCUT2D eigenvalue weighted by Crippen LogP contribution is -2.34. The second kappa shape index (κ2) is 34.1. The highest BCUT2D eigenvalue weighted by molar-refractivity contribution is 7.47. The molecule has 0 bridgehead atoms. The summed E-state index contributed by atoms with van der Waals surface area (Å²) in [4.78, 5) is 45.7. The lowest BCUT2D eigenvalue weighted by atomic mass is 10.1. The van der Waals surface area contributed by atoms with E-state index in [2.05, 4.69) is 42.7 Å². The van der Waals surface area contributed by atoms with Gasteiger partial charge in [0.1, 0.15) is 12.6 Å². The predicted molar refractivity (Wildman–Crippen MR) is 199 cm³/mol. The molecule has 0 saturated heterocycles. The molecule has 0 radical (unpaired) electrons. The van der Waals surface area contributed by atoms with Crippen molar-refractivity contribution < 1.29 is 47.5 Å². The minimum absolute atomic E-state index is 0.151. The van der Waals surface area contributed by atoms with E-state index in [1.54, 1.807) is 0 Å². The number of unbranched alkanes of at least 4 members (excludes halogenated alkanes) is 18. The third kappa shape index (κ3) is 33.1. The monoisotopic (exact) mass is 731 g/mol. The Morgan fingerprint density at radius 3 is 1.52 bits per heavy atom. The lowest BCUT2D eigenvalue weighted by molar-refractivity contribution is -0.161. The van der Waals surface area contributed by atoms with E-state index in [0.717, 1.165) is 77.0 Å². The maximum atomic E-state index is 12.6. The standard InChI is InChI=1S/C38H70NO10P/c1-3-5-7-9-11-13-15-16-17-18-20-22-24-26-28-30-37(41)49-34(32-47-50(44,45)48-33-35(39)38(42)43)31-46-36(40)29-27-25-23-21-19-14-12-10-8-6-4-2/h10,12,16-17,34-35H,3-9,11,13-15,18-33,39H2,1-2H3,(H,42,43)(H,44,45)/b12-10-,17-16-. The molecule has 0 aromatic carbocycles. The molecule has 0 amide bonds. The largest absolute Gasteiger partial charge is 0.480 e. The molecule has 11 nitrogen and oxygen atoms in total. The van der Waals surface area contributed by atoms with Gasteiger partial charge in [-0.05, 0) is 57.8 Å². The van der Waals surface area contributed by atoms with Crippen molar-refractivity contribution in [2.45, 2.75) is 180 Å². The van der Waals surface area contributed by atoms with Crippen LogP contribution in [-0.2, 0) is 37.5 Å². The fourth-order valence-electron chi connectivity index (χ4n) is 5.04. The van der Waals surface area contributed by atoms with Gasteiger partial charge >= 0.3 is 25.7 Å². The van der Waals surface area contributed by atoms with E-state index in [-0.39, 0.29) is 19.4 Å². The number of phosphoric acid groups is 1. The third-order valence-corrected chi connectivity index (χ3v) is 9.12. The van der Waals surface area contributed by atoms with Crippen LogP contribution in [0.1, 0.15) is 168 Å². The predicted octanol–water partition coefficient (Wildman–Crippen LogP) is 9.50. The summed E-state index contributed by atoms with van der Waals surface area (Å²) in [6.07, 6.45) is 32.5. The number of phosphoric ester groups is 1. The van der Waals surface area contributed by atoms with Gasteiger partial charge in [0.15, 0.2) is 6.10 Å². The number of hydrogen-bond acceptors (Lipinski definition) is 9. The van der Waals surface area contributed by atoms with Gasteiger partial charge in [0, 0.05) is 12.8 Å². The zero-order valence-corrected chi connectivity index (χ0v) is 32.1. The highest BCUT2D eigenvalue weighted by Crippen LogP contribution is 2.43. The maximum absolute atomic E-state index is 12.6. The van der Waals surface area contributed by atoms with Crippen molar-refractivity contribution in [1.29, 1.82) is 0 Å². The summed E-state index contributed by atoms with van der Waals surface area (Å²) in [6, 6.07) is -1.52. The van der Waals surface area contributed by atoms with E-state index in [9.17, 15) is 23.8 Å². The molecule has 50 heavy (non-hydrogen) atoms. The van der Waals surface area contributed by atoms with Crippen LogP contribution in [0.25, 0.3) is 0 Å². The van der Waals surface area contributed by atoms with Gasteiger partial charge in [-0.1, -0.05) is 122 Å². The molecule has 0 rings (SSSR count). The first-order valence-corrected chi connectivity index (χ1v) is 20.9. The van der Waals surface area contributed by atoms with Gasteiger partial charge in [0.05, 0.1) is 13.2 Å². The first-order valence-electron chi connectivity index (χ1n) is 19.4. The van der Waals surface area contributed by atoms with E-state index >= 15 is 0 Å². The van der Waals surface area contributed by atoms with Crippen molar-refractivity contribution in [3.8, 4) is 0 Å². The Kier molecular flexibility index (Phi) is 32.7. The van der Waals surface area contributed by atoms with Crippen molar-refractivity contribution >= 4 is 25.7 Å². The van der Waals surface area contributed by atoms with Gasteiger partial charge in [0.2, 0.25) is 0 Å². The maximum Gasteiger partial charge on any atom is 0.472 e. The Balaban J connectivity index is 4.45. The van der Waals surface area contributed by atoms with E-state index in [4.69, 9.17) is 24.8 Å². The number of hydrogen-bond donors (Lipinski definition) is 3. The van der Waals surface area contributed by atoms with Crippen LogP contribution in [-0.4, -0.2) is 59.9 Å². The Morgan fingerprint density at radius 1 is 0.600 bits per heavy atom. The molecule has 0 aliphatic carbocycles. The summed E-state index contributed by atoms with van der Waals surface area (Å²) >= 11 is 0. The number of esters is 2. The highest BCUT2D eigenvalue weighted by Gasteiger charge is 2.28. The van der Waals surface area contributed by atoms with E-state index < -0.39 is 51.1 Å². The molecular weight excluding hydrogens is 661 g/mol. The van der Waals surface area contributed by atoms with Crippen LogP contribution in [0, 0.1) is 0 Å². The Bertz CT molecular complexity index is 958. The molecule has 0 aliphatic heterocycles. The van der Waals surface area contributed by atoms with Crippen LogP contribution in [0.2, 0.25) is 0 Å². The van der Waals surface area contributed by atoms with Gasteiger partial charge in [-0.25, -0.2) is 4.57 Å². The third-order valence-electron chi connectivity index (χ3n) is 8.17. The minimum atomic E-state index is -4.71. The normalized spacial score (nSPS) is 14.2. The molecule has 0 saturated carbocycles. The van der Waals surface area contributed by atoms with Gasteiger partial charge < -0.3 is 25.2 Å². The smallest absolute Gasteiger partial charge is 0.472 e. The van der Waals surface area contributed by atoms with Gasteiger partial charge in [-0.2, -0.15) is 0 Å². The van der Waals surface area contributed by atoms with Crippen molar-refractivity contribution in [3.63, 3.8) is 0 Å². The number of carboxylic acid groups (broad SMARTS) is 1. The second-order valence-corrected chi connectivity index (χ2v) is 14.5. The molecule has 12 heteroatoms. The van der Waals surface area contributed by atoms with Crippen LogP contribution >= 0.6 is 7.82 Å². The topological polar surface area (TPSA) is 172 Å². The van der Waals surface area contributed by atoms with Crippen LogP contribution < -0.4 is 5.73 Å². The van der Waals surface area contributed by atoms with E-state index in [0.29, 0.717) is 12.8 Å². The van der Waals surface area contributed by atoms with E-state index in [1.807, 2.05) is 0 Å². The molecule has 0 aromatic rings. The summed E-state index contributed by atoms with van der Waals surface area (Å²) in [5.41, 5.74) is 5.31. The fraction of sp³-hybridized carbons (Fsp3) is 0.816. The van der Waals surface area contributed by atoms with Gasteiger partial charge in [-0.15, -0.1) is 0 Å². The zero-order chi connectivity index (χ0) is 37.1. The van der Waals surface area contributed by atoms with Crippen LogP contribution in [0.4, 0.5) is 0 Å². The summed E-state index contributed by atoms with van der Waals surface area (Å²) in [6.45, 7) is 2.72. The van der Waals surface area contributed by atoms with Crippen molar-refractivity contribution in [1.82, 2.24) is 0 Å². The molecule has 3 atom stereocenters. The first kappa shape index (κ1) is 48.0. The molecule has 0 aromatic heterocycles. The van der Waals surface area contributed by atoms with Crippen molar-refractivity contribution in [2.75, 3.05) is 19.8 Å². The number of aliphatic carboxylic acids is 1. The quantitative estimate of drug-likeness (QED) is 0.0242. The first-order chi connectivity index (χ1) is 24.1. The fourth-order valence-corrected chi connectivity index (χ4v) is 5.82. The number of nitrogens with two attached hydrogens (primary N) is 1. The molecule has 0 aliphatic rings. The van der Waals surface area contributed by atoms with Crippen molar-refractivity contribution in [2.24, 2.45) is 5.73 Å². The number of allylic oxidation sites excluding steroid dienone is 4.